The molecule has 0 bridgehead atoms. The van der Waals surface area contributed by atoms with Gasteiger partial charge < -0.3 is 20.7 Å². The zero-order valence-electron chi connectivity index (χ0n) is 11.8. The van der Waals surface area contributed by atoms with Gasteiger partial charge in [-0.2, -0.15) is 0 Å². The van der Waals surface area contributed by atoms with E-state index in [4.69, 9.17) is 10.5 Å². The van der Waals surface area contributed by atoms with Gasteiger partial charge in [-0.25, -0.2) is 0 Å². The second kappa shape index (κ2) is 7.76. The molecule has 0 aliphatic rings. The summed E-state index contributed by atoms with van der Waals surface area (Å²) in [5.41, 5.74) is 7.66. The Bertz CT molecular complexity index is 390. The molecule has 106 valence electrons. The summed E-state index contributed by atoms with van der Waals surface area (Å²) in [6.07, 6.45) is 1.40. The molecule has 0 aliphatic carbocycles. The molecule has 1 atom stereocenters. The molecule has 3 N–H and O–H groups in total. The Hall–Kier alpha value is -1.59. The van der Waals surface area contributed by atoms with E-state index in [1.807, 2.05) is 43.3 Å². The van der Waals surface area contributed by atoms with E-state index >= 15 is 0 Å². The van der Waals surface area contributed by atoms with Gasteiger partial charge in [-0.1, -0.05) is 0 Å². The molecule has 0 aliphatic heterocycles. The third-order valence-electron chi connectivity index (χ3n) is 2.85. The minimum atomic E-state index is -0.497. The van der Waals surface area contributed by atoms with Gasteiger partial charge in [0.05, 0.1) is 6.04 Å². The lowest BCUT2D eigenvalue weighted by molar-refractivity contribution is -0.117. The molecule has 0 saturated carbocycles. The topological polar surface area (TPSA) is 67.6 Å². The number of nitrogens with one attached hydrogen (secondary N) is 1. The van der Waals surface area contributed by atoms with Crippen LogP contribution in [0.4, 0.5) is 11.4 Å². The number of rotatable bonds is 7. The number of carbonyl (C=O) groups excluding carboxylic acids is 1. The number of benzene rings is 1. The zero-order chi connectivity index (χ0) is 14.3. The number of methoxy groups -OCH3 is 1. The minimum Gasteiger partial charge on any atom is -0.385 e. The number of ether oxygens (including phenoxy) is 1. The molecule has 1 rings (SSSR count). The van der Waals surface area contributed by atoms with Crippen LogP contribution in [0.25, 0.3) is 0 Å². The van der Waals surface area contributed by atoms with E-state index in [-0.39, 0.29) is 5.91 Å². The average Bonchev–Trinajstić information content (AvgIpc) is 2.39. The van der Waals surface area contributed by atoms with Gasteiger partial charge in [0.2, 0.25) is 5.91 Å². The van der Waals surface area contributed by atoms with Crippen molar-refractivity contribution >= 4 is 17.3 Å². The summed E-state index contributed by atoms with van der Waals surface area (Å²) in [5, 5.41) is 2.81. The maximum absolute atomic E-state index is 11.8. The van der Waals surface area contributed by atoms with Crippen LogP contribution < -0.4 is 16.0 Å². The van der Waals surface area contributed by atoms with Gasteiger partial charge in [-0.3, -0.25) is 4.79 Å². The fourth-order valence-corrected chi connectivity index (χ4v) is 1.66. The first-order chi connectivity index (χ1) is 9.04. The smallest absolute Gasteiger partial charge is 0.241 e. The highest BCUT2D eigenvalue weighted by atomic mass is 16.5. The Labute approximate surface area is 114 Å². The van der Waals surface area contributed by atoms with Crippen molar-refractivity contribution in [2.45, 2.75) is 18.9 Å². The number of hydrogen-bond donors (Lipinski definition) is 2. The molecule has 1 aromatic carbocycles. The second-order valence-corrected chi connectivity index (χ2v) is 4.67. The second-order valence-electron chi connectivity index (χ2n) is 4.67. The summed E-state index contributed by atoms with van der Waals surface area (Å²) in [6, 6.07) is 7.14. The molecule has 0 radical (unpaired) electrons. The fraction of sp³-hybridized carbons (Fsp3) is 0.500. The maximum Gasteiger partial charge on any atom is 0.241 e. The van der Waals surface area contributed by atoms with Crippen molar-refractivity contribution in [1.29, 1.82) is 0 Å². The van der Waals surface area contributed by atoms with Gasteiger partial charge in [0.15, 0.2) is 0 Å². The van der Waals surface area contributed by atoms with Gasteiger partial charge in [0, 0.05) is 39.2 Å². The molecule has 0 saturated heterocycles. The normalized spacial score (nSPS) is 12.0. The summed E-state index contributed by atoms with van der Waals surface area (Å²) in [4.78, 5) is 13.8. The van der Waals surface area contributed by atoms with Crippen LogP contribution in [0.3, 0.4) is 0 Å². The number of amides is 1. The molecule has 1 unspecified atom stereocenters. The molecule has 0 spiro atoms. The molecule has 1 amide bonds. The largest absolute Gasteiger partial charge is 0.385 e. The Morgan fingerprint density at radius 3 is 2.53 bits per heavy atom. The van der Waals surface area contributed by atoms with Crippen LogP contribution in [0, 0.1) is 0 Å². The van der Waals surface area contributed by atoms with E-state index in [0.29, 0.717) is 13.0 Å². The van der Waals surface area contributed by atoms with Crippen LogP contribution in [0.5, 0.6) is 0 Å². The third kappa shape index (κ3) is 5.28. The van der Waals surface area contributed by atoms with Crippen molar-refractivity contribution in [3.63, 3.8) is 0 Å². The molecule has 0 aromatic heterocycles. The van der Waals surface area contributed by atoms with Crippen LogP contribution in [0.2, 0.25) is 0 Å². The number of anilines is 2. The van der Waals surface area contributed by atoms with Crippen molar-refractivity contribution < 1.29 is 9.53 Å². The summed E-state index contributed by atoms with van der Waals surface area (Å²) >= 11 is 0. The highest BCUT2D eigenvalue weighted by molar-refractivity contribution is 5.94. The maximum atomic E-state index is 11.8. The molecule has 5 nitrogen and oxygen atoms in total. The van der Waals surface area contributed by atoms with Gasteiger partial charge in [0.1, 0.15) is 0 Å². The molecule has 5 heteroatoms. The number of hydrogen-bond acceptors (Lipinski definition) is 4. The van der Waals surface area contributed by atoms with E-state index in [9.17, 15) is 4.79 Å². The summed E-state index contributed by atoms with van der Waals surface area (Å²) in [6.45, 7) is 0.624. The molecule has 19 heavy (non-hydrogen) atoms. The summed E-state index contributed by atoms with van der Waals surface area (Å²) < 4.78 is 4.93. The molecule has 1 aromatic rings. The van der Waals surface area contributed by atoms with Crippen LogP contribution in [-0.4, -0.2) is 39.8 Å². The van der Waals surface area contributed by atoms with Gasteiger partial charge in [-0.15, -0.1) is 0 Å². The van der Waals surface area contributed by atoms with E-state index in [0.717, 1.165) is 17.8 Å². The van der Waals surface area contributed by atoms with Gasteiger partial charge in [0.25, 0.3) is 0 Å². The van der Waals surface area contributed by atoms with Crippen LogP contribution >= 0.6 is 0 Å². The number of carbonyl (C=O) groups is 1. The molecular formula is C14H23N3O2. The highest BCUT2D eigenvalue weighted by Gasteiger charge is 2.13. The van der Waals surface area contributed by atoms with E-state index in [2.05, 4.69) is 5.32 Å². The van der Waals surface area contributed by atoms with Crippen molar-refractivity contribution in [2.75, 3.05) is 38.0 Å². The standard InChI is InChI=1S/C14H23N3O2/c1-17(2)12-8-6-11(7-9-12)16-14(18)13(15)5-4-10-19-3/h6-9,13H,4-5,10,15H2,1-3H3,(H,16,18). The Balaban J connectivity index is 2.47. The number of nitrogens with two attached hydrogens (primary N) is 1. The quantitative estimate of drug-likeness (QED) is 0.732. The van der Waals surface area contributed by atoms with Crippen molar-refractivity contribution in [3.05, 3.63) is 24.3 Å². The summed E-state index contributed by atoms with van der Waals surface area (Å²) in [7, 11) is 5.58. The minimum absolute atomic E-state index is 0.159. The van der Waals surface area contributed by atoms with E-state index in [1.165, 1.54) is 0 Å². The molecular weight excluding hydrogens is 242 g/mol. The Morgan fingerprint density at radius 2 is 2.00 bits per heavy atom. The Kier molecular flexibility index (Phi) is 6.32. The zero-order valence-corrected chi connectivity index (χ0v) is 11.8. The van der Waals surface area contributed by atoms with Crippen molar-refractivity contribution in [1.82, 2.24) is 0 Å². The van der Waals surface area contributed by atoms with Crippen LogP contribution in [0.1, 0.15) is 12.8 Å². The summed E-state index contributed by atoms with van der Waals surface area (Å²) in [5.74, 6) is -0.159. The van der Waals surface area contributed by atoms with Gasteiger partial charge >= 0.3 is 0 Å². The molecule has 0 fully saturated rings. The fourth-order valence-electron chi connectivity index (χ4n) is 1.66. The average molecular weight is 265 g/mol. The number of nitrogens with zero attached hydrogens (tertiary/aromatic N) is 1. The monoisotopic (exact) mass is 265 g/mol. The van der Waals surface area contributed by atoms with Crippen LogP contribution in [-0.2, 0) is 9.53 Å². The first-order valence-electron chi connectivity index (χ1n) is 6.37. The molecule has 0 heterocycles. The van der Waals surface area contributed by atoms with Crippen LogP contribution in [0.15, 0.2) is 24.3 Å². The van der Waals surface area contributed by atoms with Gasteiger partial charge in [-0.05, 0) is 37.1 Å². The lowest BCUT2D eigenvalue weighted by Crippen LogP contribution is -2.35. The SMILES string of the molecule is COCCCC(N)C(=O)Nc1ccc(N(C)C)cc1. The predicted molar refractivity (Wildman–Crippen MR) is 78.5 cm³/mol. The Morgan fingerprint density at radius 1 is 1.37 bits per heavy atom. The van der Waals surface area contributed by atoms with E-state index in [1.54, 1.807) is 7.11 Å². The third-order valence-corrected chi connectivity index (χ3v) is 2.85. The lowest BCUT2D eigenvalue weighted by atomic mass is 10.1. The first-order valence-corrected chi connectivity index (χ1v) is 6.37. The van der Waals surface area contributed by atoms with Crippen molar-refractivity contribution in [3.8, 4) is 0 Å². The lowest BCUT2D eigenvalue weighted by Gasteiger charge is -2.14. The predicted octanol–water partition coefficient (Wildman–Crippen LogP) is 1.44. The van der Waals surface area contributed by atoms with E-state index < -0.39 is 6.04 Å². The van der Waals surface area contributed by atoms with Crippen molar-refractivity contribution in [2.24, 2.45) is 5.73 Å². The highest BCUT2D eigenvalue weighted by Crippen LogP contribution is 2.15. The first kappa shape index (κ1) is 15.5.